The summed E-state index contributed by atoms with van der Waals surface area (Å²) in [6, 6.07) is 1.02. The molecule has 10 heavy (non-hydrogen) atoms. The highest BCUT2D eigenvalue weighted by Gasteiger charge is 1.95. The van der Waals surface area contributed by atoms with E-state index in [1.54, 1.807) is 0 Å². The topological polar surface area (TPSA) is 75.7 Å². The van der Waals surface area contributed by atoms with Gasteiger partial charge in [-0.15, -0.1) is 0 Å². The van der Waals surface area contributed by atoms with Crippen LogP contribution in [0.15, 0.2) is 0 Å². The zero-order chi connectivity index (χ0) is 7.82. The van der Waals surface area contributed by atoms with E-state index >= 15 is 0 Å². The van der Waals surface area contributed by atoms with Gasteiger partial charge in [0.25, 0.3) is 0 Å². The predicted octanol–water partition coefficient (Wildman–Crippen LogP) is -1.84. The van der Waals surface area contributed by atoms with E-state index in [1.807, 2.05) is 0 Å². The monoisotopic (exact) mass is 165 g/mol. The molecule has 0 aromatic heterocycles. The van der Waals surface area contributed by atoms with Gasteiger partial charge in [0.1, 0.15) is 0 Å². The molecule has 0 rings (SSSR count). The Morgan fingerprint density at radius 1 is 1.50 bits per heavy atom. The van der Waals surface area contributed by atoms with Gasteiger partial charge < -0.3 is 20.4 Å². The molecule has 0 heterocycles. The van der Waals surface area contributed by atoms with E-state index in [1.165, 1.54) is 0 Å². The molecule has 0 aromatic rings. The van der Waals surface area contributed by atoms with Gasteiger partial charge in [0.15, 0.2) is 16.1 Å². The third-order valence-corrected chi connectivity index (χ3v) is 2.32. The molecule has 5 heteroatoms. The van der Waals surface area contributed by atoms with Crippen molar-refractivity contribution in [2.24, 2.45) is 5.73 Å². The molecule has 0 aliphatic carbocycles. The molecule has 0 spiro atoms. The number of aliphatic hydroxyl groups is 2. The van der Waals surface area contributed by atoms with Crippen molar-refractivity contribution >= 4 is 9.76 Å². The Bertz CT molecular complexity index is 71.9. The minimum Gasteiger partial charge on any atom is -0.419 e. The Balaban J connectivity index is 2.77. The molecular weight excluding hydrogens is 150 g/mol. The summed E-state index contributed by atoms with van der Waals surface area (Å²) in [4.78, 5) is 0. The molecule has 0 bridgehead atoms. The fourth-order valence-electron chi connectivity index (χ4n) is 0.537. The van der Waals surface area contributed by atoms with Gasteiger partial charge in [-0.05, 0) is 19.0 Å². The first-order valence-electron chi connectivity index (χ1n) is 3.41. The molecule has 0 amide bonds. The van der Waals surface area contributed by atoms with Crippen LogP contribution in [-0.4, -0.2) is 39.4 Å². The summed E-state index contributed by atoms with van der Waals surface area (Å²) >= 11 is 0. The van der Waals surface area contributed by atoms with Crippen LogP contribution < -0.4 is 5.73 Å². The van der Waals surface area contributed by atoms with Crippen molar-refractivity contribution in [3.05, 3.63) is 0 Å². The van der Waals surface area contributed by atoms with Crippen molar-refractivity contribution in [2.45, 2.75) is 18.8 Å². The number of hydrogen-bond acceptors (Lipinski definition) is 4. The van der Waals surface area contributed by atoms with E-state index in [0.29, 0.717) is 6.54 Å². The maximum Gasteiger partial charge on any atom is 0.174 e. The van der Waals surface area contributed by atoms with Crippen molar-refractivity contribution in [2.75, 3.05) is 13.2 Å². The van der Waals surface area contributed by atoms with Crippen LogP contribution in [0.25, 0.3) is 0 Å². The van der Waals surface area contributed by atoms with Crippen molar-refractivity contribution < 1.29 is 14.6 Å². The number of hydrogen-bond donors (Lipinski definition) is 3. The Morgan fingerprint density at radius 2 is 2.20 bits per heavy atom. The van der Waals surface area contributed by atoms with Crippen LogP contribution in [-0.2, 0) is 4.43 Å². The second-order valence-corrected chi connectivity index (χ2v) is 3.57. The predicted molar refractivity (Wildman–Crippen MR) is 41.2 cm³/mol. The first kappa shape index (κ1) is 10.1. The summed E-state index contributed by atoms with van der Waals surface area (Å²) in [5, 5.41) is 16.7. The summed E-state index contributed by atoms with van der Waals surface area (Å²) in [7, 11) is -0.542. The fraction of sp³-hybridized carbons (Fsp3) is 1.00. The van der Waals surface area contributed by atoms with Crippen molar-refractivity contribution in [3.8, 4) is 0 Å². The molecule has 0 unspecified atom stereocenters. The lowest BCUT2D eigenvalue weighted by Crippen LogP contribution is -2.15. The Hall–Kier alpha value is 0.0569. The van der Waals surface area contributed by atoms with Crippen molar-refractivity contribution in [3.63, 3.8) is 0 Å². The van der Waals surface area contributed by atoms with Gasteiger partial charge in [-0.2, -0.15) is 0 Å². The van der Waals surface area contributed by atoms with Crippen LogP contribution in [0.5, 0.6) is 0 Å². The second-order valence-electron chi connectivity index (χ2n) is 2.05. The van der Waals surface area contributed by atoms with Crippen LogP contribution in [0.3, 0.4) is 0 Å². The quantitative estimate of drug-likeness (QED) is 0.246. The number of rotatable bonds is 6. The fourth-order valence-corrected chi connectivity index (χ4v) is 1.61. The summed E-state index contributed by atoms with van der Waals surface area (Å²) in [5.41, 5.74) is 5.24. The lowest BCUT2D eigenvalue weighted by Gasteiger charge is -2.03. The summed E-state index contributed by atoms with van der Waals surface area (Å²) in [6.07, 6.45) is -0.335. The normalized spacial score (nSPS) is 12.0. The molecule has 0 saturated carbocycles. The Kier molecular flexibility index (Phi) is 7.21. The number of nitrogens with two attached hydrogens (primary N) is 1. The van der Waals surface area contributed by atoms with Gasteiger partial charge in [-0.3, -0.25) is 0 Å². The maximum absolute atomic E-state index is 8.34. The highest BCUT2D eigenvalue weighted by molar-refractivity contribution is 6.26. The molecule has 0 aliphatic heterocycles. The number of aliphatic hydroxyl groups excluding tert-OH is 1. The maximum atomic E-state index is 8.34. The summed E-state index contributed by atoms with van der Waals surface area (Å²) in [6.45, 7) is 0.745. The molecule has 0 atom stereocenters. The van der Waals surface area contributed by atoms with E-state index in [2.05, 4.69) is 0 Å². The zero-order valence-electron chi connectivity index (χ0n) is 5.99. The molecule has 4 nitrogen and oxygen atoms in total. The third-order valence-electron chi connectivity index (χ3n) is 1.01. The van der Waals surface area contributed by atoms with E-state index in [0.717, 1.165) is 12.5 Å². The first-order valence-corrected chi connectivity index (χ1v) is 4.99. The molecule has 0 radical (unpaired) electrons. The average Bonchev–Trinajstić information content (AvgIpc) is 1.87. The molecule has 0 saturated heterocycles. The lowest BCUT2D eigenvalue weighted by molar-refractivity contribution is -0.0678. The molecular formula is C5H15NO3Si. The van der Waals surface area contributed by atoms with Gasteiger partial charge in [-0.25, -0.2) is 0 Å². The smallest absolute Gasteiger partial charge is 0.174 e. The largest absolute Gasteiger partial charge is 0.419 e. The molecule has 0 aromatic carbocycles. The Labute approximate surface area is 62.9 Å². The highest BCUT2D eigenvalue weighted by Crippen LogP contribution is 1.86. The highest BCUT2D eigenvalue weighted by atomic mass is 28.2. The van der Waals surface area contributed by atoms with Crippen molar-refractivity contribution in [1.29, 1.82) is 0 Å². The van der Waals surface area contributed by atoms with Crippen LogP contribution in [0.1, 0.15) is 6.42 Å². The molecule has 0 fully saturated rings. The second kappa shape index (κ2) is 7.17. The third kappa shape index (κ3) is 8.06. The molecule has 0 aliphatic rings. The summed E-state index contributed by atoms with van der Waals surface area (Å²) in [5.74, 6) is 0. The van der Waals surface area contributed by atoms with E-state index in [4.69, 9.17) is 20.4 Å². The molecule has 62 valence electrons. The van der Waals surface area contributed by atoms with Gasteiger partial charge in [-0.1, -0.05) is 0 Å². The standard InChI is InChI=1S/C5H15NO3Si/c6-2-1-3-10-9-4-5(7)8/h5,7-8H,1-4,6,10H2. The van der Waals surface area contributed by atoms with Gasteiger partial charge in [0.2, 0.25) is 0 Å². The SMILES string of the molecule is NCCC[SiH2]OCC(O)O. The first-order chi connectivity index (χ1) is 4.77. The van der Waals surface area contributed by atoms with Gasteiger partial charge >= 0.3 is 0 Å². The van der Waals surface area contributed by atoms with E-state index in [-0.39, 0.29) is 6.61 Å². The summed E-state index contributed by atoms with van der Waals surface area (Å²) < 4.78 is 4.98. The Morgan fingerprint density at radius 3 is 2.70 bits per heavy atom. The van der Waals surface area contributed by atoms with Crippen LogP contribution in [0.2, 0.25) is 6.04 Å². The van der Waals surface area contributed by atoms with E-state index in [9.17, 15) is 0 Å². The molecule has 4 N–H and O–H groups in total. The minimum absolute atomic E-state index is 0.0524. The van der Waals surface area contributed by atoms with E-state index < -0.39 is 16.1 Å². The van der Waals surface area contributed by atoms with Crippen molar-refractivity contribution in [1.82, 2.24) is 0 Å². The van der Waals surface area contributed by atoms with Crippen LogP contribution >= 0.6 is 0 Å². The lowest BCUT2D eigenvalue weighted by atomic mass is 10.5. The average molecular weight is 165 g/mol. The zero-order valence-corrected chi connectivity index (χ0v) is 7.41. The van der Waals surface area contributed by atoms with Crippen LogP contribution in [0.4, 0.5) is 0 Å². The van der Waals surface area contributed by atoms with Gasteiger partial charge in [0, 0.05) is 0 Å². The minimum atomic E-state index is -1.31. The van der Waals surface area contributed by atoms with Crippen LogP contribution in [0, 0.1) is 0 Å². The van der Waals surface area contributed by atoms with Gasteiger partial charge in [0.05, 0.1) is 6.61 Å².